The number of rotatable bonds is 6. The molecule has 0 fully saturated rings. The van der Waals surface area contributed by atoms with Crippen LogP contribution in [0.1, 0.15) is 17.7 Å². The first kappa shape index (κ1) is 11.7. The zero-order valence-electron chi connectivity index (χ0n) is 9.84. The predicted octanol–water partition coefficient (Wildman–Crippen LogP) is 2.20. The van der Waals surface area contributed by atoms with Gasteiger partial charge in [0.15, 0.2) is 0 Å². The summed E-state index contributed by atoms with van der Waals surface area (Å²) in [7, 11) is 0. The molecule has 0 amide bonds. The Morgan fingerprint density at radius 3 is 2.65 bits per heavy atom. The topological polar surface area (TPSA) is 37.8 Å². The standard InChI is InChI=1S/C14H17N3/c1-2-6-13(7-3-1)8-4-10-15-12-14-9-5-11-16-17-14/h1-3,5-7,9,11,15H,4,8,10,12H2. The minimum absolute atomic E-state index is 0.794. The van der Waals surface area contributed by atoms with Crippen molar-refractivity contribution in [3.8, 4) is 0 Å². The van der Waals surface area contributed by atoms with Crippen LogP contribution in [-0.2, 0) is 13.0 Å². The Morgan fingerprint density at radius 1 is 1.00 bits per heavy atom. The van der Waals surface area contributed by atoms with Gasteiger partial charge in [-0.1, -0.05) is 30.3 Å². The number of hydrogen-bond acceptors (Lipinski definition) is 3. The number of benzene rings is 1. The first-order chi connectivity index (χ1) is 8.45. The van der Waals surface area contributed by atoms with Crippen LogP contribution < -0.4 is 5.32 Å². The highest BCUT2D eigenvalue weighted by molar-refractivity contribution is 5.14. The molecule has 2 aromatic rings. The summed E-state index contributed by atoms with van der Waals surface area (Å²) in [4.78, 5) is 0. The molecule has 0 aliphatic rings. The molecule has 88 valence electrons. The van der Waals surface area contributed by atoms with Gasteiger partial charge in [0, 0.05) is 12.7 Å². The molecular formula is C14H17N3. The first-order valence-corrected chi connectivity index (χ1v) is 5.96. The Hall–Kier alpha value is -1.74. The van der Waals surface area contributed by atoms with Gasteiger partial charge in [-0.3, -0.25) is 0 Å². The van der Waals surface area contributed by atoms with Gasteiger partial charge in [0.05, 0.1) is 5.69 Å². The molecule has 0 radical (unpaired) electrons. The maximum absolute atomic E-state index is 4.02. The second kappa shape index (κ2) is 6.76. The highest BCUT2D eigenvalue weighted by Gasteiger charge is 1.94. The molecule has 3 heteroatoms. The van der Waals surface area contributed by atoms with E-state index in [0.29, 0.717) is 0 Å². The quantitative estimate of drug-likeness (QED) is 0.769. The Balaban J connectivity index is 1.61. The Labute approximate surface area is 102 Å². The minimum Gasteiger partial charge on any atom is -0.311 e. The monoisotopic (exact) mass is 227 g/mol. The van der Waals surface area contributed by atoms with E-state index >= 15 is 0 Å². The Bertz CT molecular complexity index is 372. The normalized spacial score (nSPS) is 10.4. The van der Waals surface area contributed by atoms with E-state index in [9.17, 15) is 0 Å². The molecule has 17 heavy (non-hydrogen) atoms. The summed E-state index contributed by atoms with van der Waals surface area (Å²) in [6.45, 7) is 1.80. The maximum Gasteiger partial charge on any atom is 0.0768 e. The third-order valence-corrected chi connectivity index (χ3v) is 2.60. The Kier molecular flexibility index (Phi) is 4.67. The van der Waals surface area contributed by atoms with Gasteiger partial charge in [-0.2, -0.15) is 10.2 Å². The van der Waals surface area contributed by atoms with Crippen molar-refractivity contribution in [2.75, 3.05) is 6.54 Å². The average molecular weight is 227 g/mol. The molecule has 1 aromatic carbocycles. The SMILES string of the molecule is c1ccc(CCCNCc2cccnn2)cc1. The molecule has 0 atom stereocenters. The lowest BCUT2D eigenvalue weighted by Crippen LogP contribution is -2.16. The number of aryl methyl sites for hydroxylation is 1. The van der Waals surface area contributed by atoms with Crippen molar-refractivity contribution in [1.29, 1.82) is 0 Å². The molecular weight excluding hydrogens is 210 g/mol. The van der Waals surface area contributed by atoms with Crippen LogP contribution in [0.3, 0.4) is 0 Å². The van der Waals surface area contributed by atoms with Crippen molar-refractivity contribution in [2.24, 2.45) is 0 Å². The van der Waals surface area contributed by atoms with Crippen molar-refractivity contribution < 1.29 is 0 Å². The lowest BCUT2D eigenvalue weighted by molar-refractivity contribution is 0.635. The zero-order valence-corrected chi connectivity index (χ0v) is 9.84. The Morgan fingerprint density at radius 2 is 1.88 bits per heavy atom. The number of aromatic nitrogens is 2. The summed E-state index contributed by atoms with van der Waals surface area (Å²) in [6, 6.07) is 14.5. The zero-order chi connectivity index (χ0) is 11.8. The average Bonchev–Trinajstić information content (AvgIpc) is 2.41. The van der Waals surface area contributed by atoms with Crippen LogP contribution in [0.25, 0.3) is 0 Å². The third kappa shape index (κ3) is 4.33. The van der Waals surface area contributed by atoms with E-state index in [-0.39, 0.29) is 0 Å². The molecule has 1 heterocycles. The molecule has 1 N–H and O–H groups in total. The summed E-state index contributed by atoms with van der Waals surface area (Å²) in [5.74, 6) is 0. The molecule has 0 aliphatic heterocycles. The van der Waals surface area contributed by atoms with E-state index in [2.05, 4.69) is 45.8 Å². The van der Waals surface area contributed by atoms with Crippen LogP contribution in [0.2, 0.25) is 0 Å². The van der Waals surface area contributed by atoms with Gasteiger partial charge >= 0.3 is 0 Å². The van der Waals surface area contributed by atoms with Crippen LogP contribution in [0.15, 0.2) is 48.7 Å². The van der Waals surface area contributed by atoms with Crippen LogP contribution in [0.4, 0.5) is 0 Å². The second-order valence-corrected chi connectivity index (χ2v) is 3.98. The molecule has 2 rings (SSSR count). The van der Waals surface area contributed by atoms with Crippen LogP contribution in [-0.4, -0.2) is 16.7 Å². The van der Waals surface area contributed by atoms with Gasteiger partial charge in [-0.05, 0) is 37.1 Å². The lowest BCUT2D eigenvalue weighted by atomic mass is 10.1. The fraction of sp³-hybridized carbons (Fsp3) is 0.286. The summed E-state index contributed by atoms with van der Waals surface area (Å²) in [6.07, 6.45) is 3.96. The van der Waals surface area contributed by atoms with E-state index < -0.39 is 0 Å². The van der Waals surface area contributed by atoms with Gasteiger partial charge in [0.2, 0.25) is 0 Å². The van der Waals surface area contributed by atoms with Crippen LogP contribution in [0.5, 0.6) is 0 Å². The largest absolute Gasteiger partial charge is 0.311 e. The number of hydrogen-bond donors (Lipinski definition) is 1. The fourth-order valence-corrected chi connectivity index (χ4v) is 1.71. The van der Waals surface area contributed by atoms with E-state index in [1.807, 2.05) is 12.1 Å². The number of nitrogens with one attached hydrogen (secondary N) is 1. The summed E-state index contributed by atoms with van der Waals surface area (Å²) in [5.41, 5.74) is 2.39. The van der Waals surface area contributed by atoms with Gasteiger partial charge in [0.1, 0.15) is 0 Å². The van der Waals surface area contributed by atoms with Crippen molar-refractivity contribution in [3.63, 3.8) is 0 Å². The smallest absolute Gasteiger partial charge is 0.0768 e. The van der Waals surface area contributed by atoms with Gasteiger partial charge in [-0.15, -0.1) is 0 Å². The molecule has 0 saturated heterocycles. The van der Waals surface area contributed by atoms with Crippen molar-refractivity contribution in [3.05, 3.63) is 59.9 Å². The van der Waals surface area contributed by atoms with Gasteiger partial charge in [-0.25, -0.2) is 0 Å². The summed E-state index contributed by atoms with van der Waals surface area (Å²) < 4.78 is 0. The molecule has 0 bridgehead atoms. The first-order valence-electron chi connectivity index (χ1n) is 5.96. The molecule has 0 aliphatic carbocycles. The van der Waals surface area contributed by atoms with E-state index in [4.69, 9.17) is 0 Å². The third-order valence-electron chi connectivity index (χ3n) is 2.60. The van der Waals surface area contributed by atoms with E-state index in [1.165, 1.54) is 5.56 Å². The van der Waals surface area contributed by atoms with Crippen molar-refractivity contribution in [1.82, 2.24) is 15.5 Å². The maximum atomic E-state index is 4.02. The van der Waals surface area contributed by atoms with E-state index in [1.54, 1.807) is 6.20 Å². The minimum atomic E-state index is 0.794. The van der Waals surface area contributed by atoms with Crippen molar-refractivity contribution in [2.45, 2.75) is 19.4 Å². The van der Waals surface area contributed by atoms with Gasteiger partial charge in [0.25, 0.3) is 0 Å². The predicted molar refractivity (Wildman–Crippen MR) is 68.5 cm³/mol. The van der Waals surface area contributed by atoms with Crippen LogP contribution in [0, 0.1) is 0 Å². The molecule has 3 nitrogen and oxygen atoms in total. The van der Waals surface area contributed by atoms with Crippen LogP contribution >= 0.6 is 0 Å². The molecule has 0 saturated carbocycles. The second-order valence-electron chi connectivity index (χ2n) is 3.98. The highest BCUT2D eigenvalue weighted by atomic mass is 15.1. The molecule has 0 spiro atoms. The van der Waals surface area contributed by atoms with Crippen molar-refractivity contribution >= 4 is 0 Å². The summed E-state index contributed by atoms with van der Waals surface area (Å²) >= 11 is 0. The molecule has 1 aromatic heterocycles. The fourth-order valence-electron chi connectivity index (χ4n) is 1.71. The lowest BCUT2D eigenvalue weighted by Gasteiger charge is -2.03. The highest BCUT2D eigenvalue weighted by Crippen LogP contribution is 2.01. The number of nitrogens with zero attached hydrogens (tertiary/aromatic N) is 2. The van der Waals surface area contributed by atoms with E-state index in [0.717, 1.165) is 31.6 Å². The molecule has 0 unspecified atom stereocenters. The summed E-state index contributed by atoms with van der Waals surface area (Å²) in [5, 5.41) is 11.2. The van der Waals surface area contributed by atoms with Gasteiger partial charge < -0.3 is 5.32 Å².